The molecule has 2 aromatic heterocycles. The number of hydrogen-bond donors (Lipinski definition) is 2. The van der Waals surface area contributed by atoms with Crippen LogP contribution in [-0.2, 0) is 4.79 Å². The van der Waals surface area contributed by atoms with Crippen molar-refractivity contribution in [2.24, 2.45) is 0 Å². The Morgan fingerprint density at radius 3 is 2.44 bits per heavy atom. The molecule has 0 saturated carbocycles. The van der Waals surface area contributed by atoms with Crippen molar-refractivity contribution < 1.29 is 14.3 Å². The lowest BCUT2D eigenvalue weighted by molar-refractivity contribution is -0.113. The summed E-state index contributed by atoms with van der Waals surface area (Å²) in [5.41, 5.74) is 2.16. The number of benzene rings is 3. The molecule has 1 amide bonds. The van der Waals surface area contributed by atoms with E-state index >= 15 is 0 Å². The van der Waals surface area contributed by atoms with Crippen molar-refractivity contribution in [2.75, 3.05) is 11.1 Å². The number of aromatic hydroxyl groups is 1. The predicted octanol–water partition coefficient (Wildman–Crippen LogP) is 4.97. The van der Waals surface area contributed by atoms with E-state index in [2.05, 4.69) is 25.5 Å². The number of carbonyl (C=O) groups excluding carboxylic acids is 1. The molecule has 36 heavy (non-hydrogen) atoms. The van der Waals surface area contributed by atoms with Crippen molar-refractivity contribution in [3.63, 3.8) is 0 Å². The third kappa shape index (κ3) is 5.08. The fourth-order valence-electron chi connectivity index (χ4n) is 3.50. The SMILES string of the molecule is O=C(CSc1nnc(-c2ccccc2F)n1-c1ccccc1)Nc1cnc(-c2cccc(O)c2)nc1. The number of anilines is 1. The Morgan fingerprint density at radius 2 is 1.69 bits per heavy atom. The van der Waals surface area contributed by atoms with Gasteiger partial charge in [0.1, 0.15) is 11.6 Å². The van der Waals surface area contributed by atoms with Gasteiger partial charge in [-0.3, -0.25) is 9.36 Å². The first-order valence-corrected chi connectivity index (χ1v) is 11.9. The Balaban J connectivity index is 1.32. The minimum absolute atomic E-state index is 0.0382. The zero-order valence-corrected chi connectivity index (χ0v) is 19.6. The summed E-state index contributed by atoms with van der Waals surface area (Å²) in [5.74, 6) is 0.227. The molecule has 178 valence electrons. The van der Waals surface area contributed by atoms with Crippen LogP contribution in [-0.4, -0.2) is 41.5 Å². The van der Waals surface area contributed by atoms with Crippen molar-refractivity contribution in [1.82, 2.24) is 24.7 Å². The summed E-state index contributed by atoms with van der Waals surface area (Å²) in [6.45, 7) is 0. The highest BCUT2D eigenvalue weighted by atomic mass is 32.2. The number of thioether (sulfide) groups is 1. The van der Waals surface area contributed by atoms with Gasteiger partial charge in [0.25, 0.3) is 0 Å². The largest absolute Gasteiger partial charge is 0.508 e. The van der Waals surface area contributed by atoms with E-state index in [1.807, 2.05) is 30.3 Å². The minimum Gasteiger partial charge on any atom is -0.508 e. The number of phenolic OH excluding ortho intramolecular Hbond substituents is 1. The Morgan fingerprint density at radius 1 is 0.944 bits per heavy atom. The number of carbonyl (C=O) groups is 1. The number of aromatic nitrogens is 5. The zero-order valence-electron chi connectivity index (χ0n) is 18.7. The maximum atomic E-state index is 14.5. The van der Waals surface area contributed by atoms with Crippen LogP contribution in [0, 0.1) is 5.82 Å². The van der Waals surface area contributed by atoms with Gasteiger partial charge in [0.2, 0.25) is 5.91 Å². The number of para-hydroxylation sites is 1. The van der Waals surface area contributed by atoms with Crippen molar-refractivity contribution in [2.45, 2.75) is 5.16 Å². The summed E-state index contributed by atoms with van der Waals surface area (Å²) in [4.78, 5) is 21.1. The van der Waals surface area contributed by atoms with E-state index in [1.54, 1.807) is 47.0 Å². The molecule has 0 aliphatic rings. The van der Waals surface area contributed by atoms with E-state index in [4.69, 9.17) is 0 Å². The van der Waals surface area contributed by atoms with Gasteiger partial charge in [-0.05, 0) is 36.4 Å². The number of nitrogens with one attached hydrogen (secondary N) is 1. The Hall–Kier alpha value is -4.57. The van der Waals surface area contributed by atoms with Crippen molar-refractivity contribution in [3.8, 4) is 34.2 Å². The van der Waals surface area contributed by atoms with Gasteiger partial charge < -0.3 is 10.4 Å². The molecule has 0 aliphatic carbocycles. The van der Waals surface area contributed by atoms with Gasteiger partial charge in [0, 0.05) is 11.3 Å². The van der Waals surface area contributed by atoms with Gasteiger partial charge in [-0.25, -0.2) is 14.4 Å². The molecule has 3 aromatic carbocycles. The molecule has 0 spiro atoms. The second-order valence-corrected chi connectivity index (χ2v) is 8.58. The number of amides is 1. The van der Waals surface area contributed by atoms with E-state index in [0.29, 0.717) is 33.6 Å². The third-order valence-electron chi connectivity index (χ3n) is 5.13. The molecular formula is C26H19FN6O2S. The minimum atomic E-state index is -0.412. The van der Waals surface area contributed by atoms with E-state index in [9.17, 15) is 14.3 Å². The summed E-state index contributed by atoms with van der Waals surface area (Å²) < 4.78 is 16.2. The van der Waals surface area contributed by atoms with Crippen LogP contribution in [0.2, 0.25) is 0 Å². The van der Waals surface area contributed by atoms with Gasteiger partial charge in [0.05, 0.1) is 29.4 Å². The Labute approximate surface area is 209 Å². The van der Waals surface area contributed by atoms with Crippen LogP contribution in [0.15, 0.2) is 96.4 Å². The fraction of sp³-hybridized carbons (Fsp3) is 0.0385. The highest BCUT2D eigenvalue weighted by Crippen LogP contribution is 2.29. The van der Waals surface area contributed by atoms with Crippen molar-refractivity contribution in [3.05, 3.63) is 97.1 Å². The van der Waals surface area contributed by atoms with E-state index in [1.165, 1.54) is 30.2 Å². The zero-order chi connectivity index (χ0) is 24.9. The van der Waals surface area contributed by atoms with E-state index in [0.717, 1.165) is 5.69 Å². The molecule has 0 aliphatic heterocycles. The van der Waals surface area contributed by atoms with Gasteiger partial charge >= 0.3 is 0 Å². The molecule has 8 nitrogen and oxygen atoms in total. The van der Waals surface area contributed by atoms with Crippen LogP contribution in [0.1, 0.15) is 0 Å². The van der Waals surface area contributed by atoms with E-state index < -0.39 is 5.82 Å². The fourth-order valence-corrected chi connectivity index (χ4v) is 4.26. The first-order chi connectivity index (χ1) is 17.6. The molecule has 2 N–H and O–H groups in total. The first-order valence-electron chi connectivity index (χ1n) is 10.9. The number of halogens is 1. The molecule has 5 rings (SSSR count). The highest BCUT2D eigenvalue weighted by molar-refractivity contribution is 7.99. The number of rotatable bonds is 7. The molecule has 0 saturated heterocycles. The molecule has 10 heteroatoms. The Bertz CT molecular complexity index is 1510. The van der Waals surface area contributed by atoms with Gasteiger partial charge in [-0.2, -0.15) is 0 Å². The van der Waals surface area contributed by atoms with Gasteiger partial charge in [-0.15, -0.1) is 10.2 Å². The third-order valence-corrected chi connectivity index (χ3v) is 6.06. The molecule has 5 aromatic rings. The summed E-state index contributed by atoms with van der Waals surface area (Å²) >= 11 is 1.18. The summed E-state index contributed by atoms with van der Waals surface area (Å²) in [6.07, 6.45) is 3.00. The number of nitrogens with zero attached hydrogens (tertiary/aromatic N) is 5. The predicted molar refractivity (Wildman–Crippen MR) is 135 cm³/mol. The van der Waals surface area contributed by atoms with Crippen molar-refractivity contribution >= 4 is 23.4 Å². The standard InChI is InChI=1S/C26H19FN6O2S/c27-22-12-5-4-11-21(22)25-31-32-26(33(25)19-8-2-1-3-9-19)36-16-23(35)30-18-14-28-24(29-15-18)17-7-6-10-20(34)13-17/h1-15,34H,16H2,(H,30,35). The van der Waals surface area contributed by atoms with Crippen LogP contribution in [0.3, 0.4) is 0 Å². The smallest absolute Gasteiger partial charge is 0.234 e. The summed E-state index contributed by atoms with van der Waals surface area (Å²) in [6, 6.07) is 22.3. The maximum absolute atomic E-state index is 14.5. The monoisotopic (exact) mass is 498 g/mol. The second-order valence-electron chi connectivity index (χ2n) is 7.64. The normalized spacial score (nSPS) is 10.8. The molecule has 2 heterocycles. The quantitative estimate of drug-likeness (QED) is 0.305. The van der Waals surface area contributed by atoms with Crippen molar-refractivity contribution in [1.29, 1.82) is 0 Å². The lowest BCUT2D eigenvalue weighted by atomic mass is 10.2. The highest BCUT2D eigenvalue weighted by Gasteiger charge is 2.19. The van der Waals surface area contributed by atoms with Crippen LogP contribution in [0.4, 0.5) is 10.1 Å². The van der Waals surface area contributed by atoms with Crippen LogP contribution >= 0.6 is 11.8 Å². The average Bonchev–Trinajstić information content (AvgIpc) is 3.32. The topological polar surface area (TPSA) is 106 Å². The molecule has 0 unspecified atom stereocenters. The number of phenols is 1. The Kier molecular flexibility index (Phi) is 6.67. The van der Waals surface area contributed by atoms with Gasteiger partial charge in [0.15, 0.2) is 16.8 Å². The van der Waals surface area contributed by atoms with Crippen LogP contribution in [0.25, 0.3) is 28.5 Å². The lowest BCUT2D eigenvalue weighted by Gasteiger charge is -2.11. The van der Waals surface area contributed by atoms with Crippen LogP contribution < -0.4 is 5.32 Å². The number of hydrogen-bond acceptors (Lipinski definition) is 7. The molecule has 0 fully saturated rings. The molecule has 0 radical (unpaired) electrons. The second kappa shape index (κ2) is 10.4. The summed E-state index contributed by atoms with van der Waals surface area (Å²) in [7, 11) is 0. The van der Waals surface area contributed by atoms with Crippen LogP contribution in [0.5, 0.6) is 5.75 Å². The van der Waals surface area contributed by atoms with E-state index in [-0.39, 0.29) is 17.4 Å². The van der Waals surface area contributed by atoms with Gasteiger partial charge in [-0.1, -0.05) is 54.2 Å². The average molecular weight is 499 g/mol. The summed E-state index contributed by atoms with van der Waals surface area (Å²) in [5, 5.41) is 21.3. The first kappa shape index (κ1) is 23.2. The molecule has 0 bridgehead atoms. The maximum Gasteiger partial charge on any atom is 0.234 e. The lowest BCUT2D eigenvalue weighted by Crippen LogP contribution is -2.15. The molecule has 0 atom stereocenters. The molecular weight excluding hydrogens is 479 g/mol.